The standard InChI is InChI=1S/C11H19N3O/c1-8-6-14(5-4-12-8)7-11-9(2)13-15-10(11)3/h8,12H,4-7H2,1-3H3/t8-/m1/s1. The summed E-state index contributed by atoms with van der Waals surface area (Å²) >= 11 is 0. The molecule has 0 bridgehead atoms. The molecule has 4 nitrogen and oxygen atoms in total. The van der Waals surface area contributed by atoms with E-state index in [9.17, 15) is 0 Å². The normalized spacial score (nSPS) is 23.3. The van der Waals surface area contributed by atoms with Gasteiger partial charge in [0.05, 0.1) is 5.69 Å². The molecule has 84 valence electrons. The molecule has 0 saturated carbocycles. The van der Waals surface area contributed by atoms with Crippen molar-refractivity contribution in [3.63, 3.8) is 0 Å². The number of nitrogens with zero attached hydrogens (tertiary/aromatic N) is 2. The first-order valence-corrected chi connectivity index (χ1v) is 5.54. The summed E-state index contributed by atoms with van der Waals surface area (Å²) < 4.78 is 5.17. The van der Waals surface area contributed by atoms with Crippen LogP contribution in [-0.2, 0) is 6.54 Å². The summed E-state index contributed by atoms with van der Waals surface area (Å²) in [6, 6.07) is 0.583. The Hall–Kier alpha value is -0.870. The second kappa shape index (κ2) is 4.33. The Kier molecular flexibility index (Phi) is 3.07. The Morgan fingerprint density at radius 3 is 2.93 bits per heavy atom. The molecule has 0 aromatic carbocycles. The van der Waals surface area contributed by atoms with Crippen molar-refractivity contribution in [2.24, 2.45) is 0 Å². The fourth-order valence-electron chi connectivity index (χ4n) is 2.11. The fraction of sp³-hybridized carbons (Fsp3) is 0.727. The number of rotatable bonds is 2. The van der Waals surface area contributed by atoms with Gasteiger partial charge in [0.15, 0.2) is 0 Å². The van der Waals surface area contributed by atoms with Gasteiger partial charge in [-0.15, -0.1) is 0 Å². The average Bonchev–Trinajstić information content (AvgIpc) is 2.50. The first kappa shape index (κ1) is 10.6. The molecule has 2 rings (SSSR count). The van der Waals surface area contributed by atoms with E-state index in [1.54, 1.807) is 0 Å². The maximum absolute atomic E-state index is 5.17. The van der Waals surface area contributed by atoms with Gasteiger partial charge in [-0.1, -0.05) is 5.16 Å². The summed E-state index contributed by atoms with van der Waals surface area (Å²) in [6.45, 7) is 10.5. The van der Waals surface area contributed by atoms with Crippen LogP contribution in [0.1, 0.15) is 23.9 Å². The highest BCUT2D eigenvalue weighted by Gasteiger charge is 2.18. The van der Waals surface area contributed by atoms with Crippen molar-refractivity contribution >= 4 is 0 Å². The molecule has 1 aliphatic heterocycles. The lowest BCUT2D eigenvalue weighted by Crippen LogP contribution is -2.48. The van der Waals surface area contributed by atoms with Crippen LogP contribution in [0.4, 0.5) is 0 Å². The summed E-state index contributed by atoms with van der Waals surface area (Å²) in [5.74, 6) is 0.957. The van der Waals surface area contributed by atoms with E-state index in [0.717, 1.165) is 37.6 Å². The van der Waals surface area contributed by atoms with Crippen LogP contribution >= 0.6 is 0 Å². The third kappa shape index (κ3) is 2.38. The molecule has 1 fully saturated rings. The lowest BCUT2D eigenvalue weighted by molar-refractivity contribution is 0.198. The molecular weight excluding hydrogens is 190 g/mol. The predicted molar refractivity (Wildman–Crippen MR) is 58.7 cm³/mol. The van der Waals surface area contributed by atoms with Crippen LogP contribution in [0.25, 0.3) is 0 Å². The van der Waals surface area contributed by atoms with E-state index in [0.29, 0.717) is 6.04 Å². The van der Waals surface area contributed by atoms with Gasteiger partial charge in [-0.05, 0) is 20.8 Å². The van der Waals surface area contributed by atoms with E-state index in [2.05, 4.69) is 22.3 Å². The smallest absolute Gasteiger partial charge is 0.138 e. The molecule has 1 N–H and O–H groups in total. The Morgan fingerprint density at radius 1 is 1.53 bits per heavy atom. The minimum absolute atomic E-state index is 0.583. The van der Waals surface area contributed by atoms with E-state index >= 15 is 0 Å². The van der Waals surface area contributed by atoms with Gasteiger partial charge in [0.2, 0.25) is 0 Å². The van der Waals surface area contributed by atoms with Crippen LogP contribution in [0.15, 0.2) is 4.52 Å². The number of aromatic nitrogens is 1. The van der Waals surface area contributed by atoms with Crippen molar-refractivity contribution in [3.05, 3.63) is 17.0 Å². The van der Waals surface area contributed by atoms with E-state index < -0.39 is 0 Å². The Morgan fingerprint density at radius 2 is 2.33 bits per heavy atom. The summed E-state index contributed by atoms with van der Waals surface area (Å²) in [7, 11) is 0. The quantitative estimate of drug-likeness (QED) is 0.791. The highest BCUT2D eigenvalue weighted by Crippen LogP contribution is 2.15. The van der Waals surface area contributed by atoms with Crippen molar-refractivity contribution < 1.29 is 4.52 Å². The minimum Gasteiger partial charge on any atom is -0.361 e. The Balaban J connectivity index is 2.02. The first-order valence-electron chi connectivity index (χ1n) is 5.54. The molecule has 2 heterocycles. The molecule has 0 aliphatic carbocycles. The fourth-order valence-corrected chi connectivity index (χ4v) is 2.11. The molecule has 4 heteroatoms. The molecule has 1 saturated heterocycles. The monoisotopic (exact) mass is 209 g/mol. The third-order valence-corrected chi connectivity index (χ3v) is 3.02. The average molecular weight is 209 g/mol. The summed E-state index contributed by atoms with van der Waals surface area (Å²) in [6.07, 6.45) is 0. The summed E-state index contributed by atoms with van der Waals surface area (Å²) in [5, 5.41) is 7.42. The van der Waals surface area contributed by atoms with E-state index in [4.69, 9.17) is 4.52 Å². The van der Waals surface area contributed by atoms with Crippen LogP contribution < -0.4 is 5.32 Å². The lowest BCUT2D eigenvalue weighted by Gasteiger charge is -2.31. The van der Waals surface area contributed by atoms with Crippen molar-refractivity contribution in [3.8, 4) is 0 Å². The van der Waals surface area contributed by atoms with Gasteiger partial charge in [-0.3, -0.25) is 4.90 Å². The van der Waals surface area contributed by atoms with E-state index in [1.807, 2.05) is 13.8 Å². The second-order valence-electron chi connectivity index (χ2n) is 4.39. The maximum atomic E-state index is 5.17. The van der Waals surface area contributed by atoms with Crippen molar-refractivity contribution in [2.45, 2.75) is 33.4 Å². The largest absolute Gasteiger partial charge is 0.361 e. The molecule has 1 aromatic rings. The van der Waals surface area contributed by atoms with Crippen molar-refractivity contribution in [1.82, 2.24) is 15.4 Å². The lowest BCUT2D eigenvalue weighted by atomic mass is 10.1. The number of hydrogen-bond acceptors (Lipinski definition) is 4. The zero-order valence-corrected chi connectivity index (χ0v) is 9.71. The predicted octanol–water partition coefficient (Wildman–Crippen LogP) is 1.09. The SMILES string of the molecule is Cc1noc(C)c1CN1CCN[C@H](C)C1. The van der Waals surface area contributed by atoms with Crippen LogP contribution in [0, 0.1) is 13.8 Å². The van der Waals surface area contributed by atoms with Gasteiger partial charge in [0.25, 0.3) is 0 Å². The Labute approximate surface area is 90.6 Å². The maximum Gasteiger partial charge on any atom is 0.138 e. The van der Waals surface area contributed by atoms with Gasteiger partial charge in [-0.25, -0.2) is 0 Å². The summed E-state index contributed by atoms with van der Waals surface area (Å²) in [5.41, 5.74) is 2.28. The molecule has 1 atom stereocenters. The number of aryl methyl sites for hydroxylation is 2. The number of hydrogen-bond donors (Lipinski definition) is 1. The Bertz CT molecular complexity index is 315. The topological polar surface area (TPSA) is 41.3 Å². The molecule has 0 unspecified atom stereocenters. The van der Waals surface area contributed by atoms with E-state index in [1.165, 1.54) is 5.56 Å². The molecule has 1 aliphatic rings. The van der Waals surface area contributed by atoms with Crippen molar-refractivity contribution in [2.75, 3.05) is 19.6 Å². The zero-order valence-electron chi connectivity index (χ0n) is 9.71. The van der Waals surface area contributed by atoms with Crippen LogP contribution in [-0.4, -0.2) is 35.7 Å². The molecule has 15 heavy (non-hydrogen) atoms. The number of nitrogens with one attached hydrogen (secondary N) is 1. The first-order chi connectivity index (χ1) is 7.16. The van der Waals surface area contributed by atoms with Gasteiger partial charge in [0.1, 0.15) is 5.76 Å². The molecule has 0 amide bonds. The van der Waals surface area contributed by atoms with Gasteiger partial charge in [-0.2, -0.15) is 0 Å². The van der Waals surface area contributed by atoms with Gasteiger partial charge < -0.3 is 9.84 Å². The second-order valence-corrected chi connectivity index (χ2v) is 4.39. The van der Waals surface area contributed by atoms with Crippen LogP contribution in [0.5, 0.6) is 0 Å². The van der Waals surface area contributed by atoms with Crippen LogP contribution in [0.2, 0.25) is 0 Å². The third-order valence-electron chi connectivity index (χ3n) is 3.02. The van der Waals surface area contributed by atoms with Crippen molar-refractivity contribution in [1.29, 1.82) is 0 Å². The van der Waals surface area contributed by atoms with Crippen LogP contribution in [0.3, 0.4) is 0 Å². The van der Waals surface area contributed by atoms with E-state index in [-0.39, 0.29) is 0 Å². The number of piperazine rings is 1. The molecule has 1 aromatic heterocycles. The molecular formula is C11H19N3O. The van der Waals surface area contributed by atoms with Gasteiger partial charge in [0, 0.05) is 37.8 Å². The highest BCUT2D eigenvalue weighted by molar-refractivity contribution is 5.20. The summed E-state index contributed by atoms with van der Waals surface area (Å²) in [4.78, 5) is 2.45. The zero-order chi connectivity index (χ0) is 10.8. The van der Waals surface area contributed by atoms with Gasteiger partial charge >= 0.3 is 0 Å². The molecule has 0 spiro atoms. The highest BCUT2D eigenvalue weighted by atomic mass is 16.5. The molecule has 0 radical (unpaired) electrons. The minimum atomic E-state index is 0.583.